The van der Waals surface area contributed by atoms with E-state index in [1.165, 1.54) is 6.20 Å². The molecule has 0 aromatic carbocycles. The van der Waals surface area contributed by atoms with Crippen molar-refractivity contribution in [2.45, 2.75) is 6.92 Å². The average Bonchev–Trinajstić information content (AvgIpc) is 2.29. The molecular formula is C10H13N7O. The van der Waals surface area contributed by atoms with Gasteiger partial charge in [-0.1, -0.05) is 6.07 Å². The number of nitrogens with two attached hydrogens (primary N) is 3. The van der Waals surface area contributed by atoms with Crippen molar-refractivity contribution in [2.75, 3.05) is 11.5 Å². The van der Waals surface area contributed by atoms with E-state index in [9.17, 15) is 4.79 Å². The molecule has 8 heteroatoms. The SMILES string of the molecule is Cc1nc(N)nc(N)n1.NC(=O)c1ccccn1. The Balaban J connectivity index is 0.000000180. The van der Waals surface area contributed by atoms with Crippen LogP contribution in [0.2, 0.25) is 0 Å². The largest absolute Gasteiger partial charge is 0.368 e. The van der Waals surface area contributed by atoms with Gasteiger partial charge in [0, 0.05) is 6.20 Å². The topological polar surface area (TPSA) is 147 Å². The summed E-state index contributed by atoms with van der Waals surface area (Å²) in [6, 6.07) is 5.02. The summed E-state index contributed by atoms with van der Waals surface area (Å²) >= 11 is 0. The number of carbonyl (C=O) groups is 1. The Labute approximate surface area is 103 Å². The van der Waals surface area contributed by atoms with Gasteiger partial charge in [-0.05, 0) is 19.1 Å². The van der Waals surface area contributed by atoms with Crippen molar-refractivity contribution in [2.24, 2.45) is 5.73 Å². The first-order valence-corrected chi connectivity index (χ1v) is 4.93. The van der Waals surface area contributed by atoms with Gasteiger partial charge in [0.2, 0.25) is 11.9 Å². The van der Waals surface area contributed by atoms with Crippen molar-refractivity contribution < 1.29 is 4.79 Å². The molecule has 2 heterocycles. The Morgan fingerprint density at radius 2 is 1.72 bits per heavy atom. The number of aromatic nitrogens is 4. The number of primary amides is 1. The second-order valence-corrected chi connectivity index (χ2v) is 3.18. The van der Waals surface area contributed by atoms with Crippen molar-refractivity contribution in [3.8, 4) is 0 Å². The molecule has 0 radical (unpaired) electrons. The van der Waals surface area contributed by atoms with Gasteiger partial charge in [-0.15, -0.1) is 0 Å². The van der Waals surface area contributed by atoms with Crippen LogP contribution in [0.4, 0.5) is 11.9 Å². The van der Waals surface area contributed by atoms with Gasteiger partial charge < -0.3 is 17.2 Å². The van der Waals surface area contributed by atoms with E-state index >= 15 is 0 Å². The number of anilines is 2. The van der Waals surface area contributed by atoms with Gasteiger partial charge in [-0.2, -0.15) is 15.0 Å². The molecule has 0 unspecified atom stereocenters. The van der Waals surface area contributed by atoms with Crippen LogP contribution in [0.15, 0.2) is 24.4 Å². The first-order valence-electron chi connectivity index (χ1n) is 4.93. The third-order valence-corrected chi connectivity index (χ3v) is 1.70. The maximum Gasteiger partial charge on any atom is 0.267 e. The number of carbonyl (C=O) groups excluding carboxylic acids is 1. The van der Waals surface area contributed by atoms with Gasteiger partial charge >= 0.3 is 0 Å². The van der Waals surface area contributed by atoms with Gasteiger partial charge in [0.1, 0.15) is 11.5 Å². The summed E-state index contributed by atoms with van der Waals surface area (Å²) < 4.78 is 0. The molecule has 94 valence electrons. The predicted molar refractivity (Wildman–Crippen MR) is 66.1 cm³/mol. The molecule has 18 heavy (non-hydrogen) atoms. The molecule has 0 bridgehead atoms. The van der Waals surface area contributed by atoms with Crippen LogP contribution < -0.4 is 17.2 Å². The molecule has 0 saturated heterocycles. The molecule has 0 fully saturated rings. The summed E-state index contributed by atoms with van der Waals surface area (Å²) in [5.74, 6) is 0.385. The average molecular weight is 247 g/mol. The number of pyridine rings is 1. The summed E-state index contributed by atoms with van der Waals surface area (Å²) in [6.07, 6.45) is 1.53. The molecule has 8 nitrogen and oxygen atoms in total. The van der Waals surface area contributed by atoms with Crippen LogP contribution in [0.25, 0.3) is 0 Å². The van der Waals surface area contributed by atoms with E-state index in [2.05, 4.69) is 19.9 Å². The number of nitrogens with zero attached hydrogens (tertiary/aromatic N) is 4. The number of aryl methyl sites for hydroxylation is 1. The monoisotopic (exact) mass is 247 g/mol. The minimum absolute atomic E-state index is 0.167. The molecule has 2 aromatic heterocycles. The highest BCUT2D eigenvalue weighted by Crippen LogP contribution is 1.95. The second kappa shape index (κ2) is 6.09. The normalized spacial score (nSPS) is 9.17. The van der Waals surface area contributed by atoms with Crippen molar-refractivity contribution >= 4 is 17.8 Å². The molecule has 1 amide bonds. The lowest BCUT2D eigenvalue weighted by molar-refractivity contribution is 0.0995. The minimum atomic E-state index is -0.490. The van der Waals surface area contributed by atoms with E-state index < -0.39 is 5.91 Å². The Morgan fingerprint density at radius 3 is 2.06 bits per heavy atom. The van der Waals surface area contributed by atoms with E-state index in [1.807, 2.05) is 0 Å². The minimum Gasteiger partial charge on any atom is -0.368 e. The smallest absolute Gasteiger partial charge is 0.267 e. The summed E-state index contributed by atoms with van der Waals surface area (Å²) in [6.45, 7) is 1.70. The molecule has 0 saturated carbocycles. The van der Waals surface area contributed by atoms with Crippen LogP contribution in [0.3, 0.4) is 0 Å². The fourth-order valence-electron chi connectivity index (χ4n) is 1.03. The van der Waals surface area contributed by atoms with Crippen molar-refractivity contribution in [1.82, 2.24) is 19.9 Å². The predicted octanol–water partition coefficient (Wildman–Crippen LogP) is -0.475. The maximum atomic E-state index is 10.4. The number of amides is 1. The maximum absolute atomic E-state index is 10.4. The highest BCUT2D eigenvalue weighted by atomic mass is 16.1. The van der Waals surface area contributed by atoms with Crippen molar-refractivity contribution in [3.63, 3.8) is 0 Å². The highest BCUT2D eigenvalue weighted by molar-refractivity contribution is 5.90. The second-order valence-electron chi connectivity index (χ2n) is 3.18. The molecule has 0 aliphatic rings. The fraction of sp³-hybridized carbons (Fsp3) is 0.100. The Hall–Kier alpha value is -2.77. The standard InChI is InChI=1S/C6H6N2O.C4H7N5/c7-6(9)5-3-1-2-4-8-5;1-2-7-3(5)9-4(6)8-2/h1-4H,(H2,7,9);1H3,(H4,5,6,7,8,9). The van der Waals surface area contributed by atoms with E-state index in [4.69, 9.17) is 17.2 Å². The van der Waals surface area contributed by atoms with E-state index in [-0.39, 0.29) is 11.9 Å². The quantitative estimate of drug-likeness (QED) is 0.616. The van der Waals surface area contributed by atoms with Crippen LogP contribution in [0.5, 0.6) is 0 Å². The van der Waals surface area contributed by atoms with E-state index in [1.54, 1.807) is 25.1 Å². The van der Waals surface area contributed by atoms with Gasteiger partial charge in [0.15, 0.2) is 0 Å². The Bertz CT molecular complexity index is 479. The molecule has 0 spiro atoms. The number of hydrogen-bond donors (Lipinski definition) is 3. The molecule has 0 aliphatic carbocycles. The van der Waals surface area contributed by atoms with Gasteiger partial charge in [-0.25, -0.2) is 0 Å². The lowest BCUT2D eigenvalue weighted by Gasteiger charge is -1.93. The Morgan fingerprint density at radius 1 is 1.11 bits per heavy atom. The van der Waals surface area contributed by atoms with Crippen molar-refractivity contribution in [3.05, 3.63) is 35.9 Å². The van der Waals surface area contributed by atoms with E-state index in [0.29, 0.717) is 11.5 Å². The third-order valence-electron chi connectivity index (χ3n) is 1.70. The van der Waals surface area contributed by atoms with Crippen LogP contribution >= 0.6 is 0 Å². The van der Waals surface area contributed by atoms with Crippen LogP contribution in [-0.2, 0) is 0 Å². The fourth-order valence-corrected chi connectivity index (χ4v) is 1.03. The molecular weight excluding hydrogens is 234 g/mol. The van der Waals surface area contributed by atoms with Gasteiger partial charge in [0.05, 0.1) is 0 Å². The zero-order valence-electron chi connectivity index (χ0n) is 9.74. The lowest BCUT2D eigenvalue weighted by Crippen LogP contribution is -2.12. The number of nitrogen functional groups attached to an aromatic ring is 2. The molecule has 0 atom stereocenters. The number of hydrogen-bond acceptors (Lipinski definition) is 7. The van der Waals surface area contributed by atoms with Gasteiger partial charge in [0.25, 0.3) is 5.91 Å². The van der Waals surface area contributed by atoms with Crippen LogP contribution in [0.1, 0.15) is 16.3 Å². The zero-order valence-corrected chi connectivity index (χ0v) is 9.74. The van der Waals surface area contributed by atoms with Crippen LogP contribution in [-0.4, -0.2) is 25.8 Å². The first-order chi connectivity index (χ1) is 8.49. The first kappa shape index (κ1) is 13.3. The summed E-state index contributed by atoms with van der Waals surface area (Å²) in [7, 11) is 0. The lowest BCUT2D eigenvalue weighted by atomic mass is 10.3. The summed E-state index contributed by atoms with van der Waals surface area (Å²) in [5.41, 5.74) is 15.6. The summed E-state index contributed by atoms with van der Waals surface area (Å²) in [5, 5.41) is 0. The van der Waals surface area contributed by atoms with E-state index in [0.717, 1.165) is 0 Å². The number of rotatable bonds is 1. The zero-order chi connectivity index (χ0) is 13.5. The van der Waals surface area contributed by atoms with Crippen LogP contribution in [0, 0.1) is 6.92 Å². The highest BCUT2D eigenvalue weighted by Gasteiger charge is 1.96. The molecule has 2 rings (SSSR count). The summed E-state index contributed by atoms with van der Waals surface area (Å²) in [4.78, 5) is 25.1. The third kappa shape index (κ3) is 4.39. The Kier molecular flexibility index (Phi) is 4.50. The molecule has 6 N–H and O–H groups in total. The molecule has 0 aliphatic heterocycles. The van der Waals surface area contributed by atoms with Gasteiger partial charge in [-0.3, -0.25) is 9.78 Å². The van der Waals surface area contributed by atoms with Crippen molar-refractivity contribution in [1.29, 1.82) is 0 Å². The molecule has 2 aromatic rings.